The topological polar surface area (TPSA) is 29.0 Å². The largest absolute Gasteiger partial charge is 0.311 e. The van der Waals surface area contributed by atoms with E-state index < -0.39 is 0 Å². The van der Waals surface area contributed by atoms with Gasteiger partial charge in [0.25, 0.3) is 0 Å². The first kappa shape index (κ1) is 32.5. The minimum Gasteiger partial charge on any atom is -0.311 e. The Bertz CT molecular complexity index is 2450. The fourth-order valence-electron chi connectivity index (χ4n) is 6.34. The van der Waals surface area contributed by atoms with Gasteiger partial charge in [-0.1, -0.05) is 140 Å². The van der Waals surface area contributed by atoms with Crippen molar-refractivity contribution in [2.75, 3.05) is 4.90 Å². The van der Waals surface area contributed by atoms with Crippen LogP contribution in [0.15, 0.2) is 176 Å². The van der Waals surface area contributed by atoms with E-state index in [2.05, 4.69) is 193 Å². The fourth-order valence-corrected chi connectivity index (χ4v) is 8.29. The van der Waals surface area contributed by atoms with Crippen molar-refractivity contribution in [1.82, 2.24) is 9.97 Å². The number of aromatic nitrogens is 2. The zero-order valence-corrected chi connectivity index (χ0v) is 30.3. The van der Waals surface area contributed by atoms with Crippen LogP contribution in [0, 0.1) is 0 Å². The minimum absolute atomic E-state index is 1.05. The molecule has 0 unspecified atom stereocenters. The average Bonchev–Trinajstić information content (AvgIpc) is 3.86. The molecule has 0 aliphatic rings. The van der Waals surface area contributed by atoms with E-state index in [1.54, 1.807) is 22.7 Å². The van der Waals surface area contributed by atoms with Gasteiger partial charge in [-0.3, -0.25) is 0 Å². The number of anilines is 3. The predicted octanol–water partition coefficient (Wildman–Crippen LogP) is 14.1. The van der Waals surface area contributed by atoms with Crippen LogP contribution in [0.1, 0.15) is 22.3 Å². The molecule has 53 heavy (non-hydrogen) atoms. The van der Waals surface area contributed by atoms with Crippen LogP contribution in [0.5, 0.6) is 0 Å². The summed E-state index contributed by atoms with van der Waals surface area (Å²) in [5.41, 5.74) is 12.3. The van der Waals surface area contributed by atoms with Crippen molar-refractivity contribution in [3.8, 4) is 21.1 Å². The molecule has 0 bridgehead atoms. The third-order valence-electron chi connectivity index (χ3n) is 9.16. The van der Waals surface area contributed by atoms with Crippen molar-refractivity contribution in [3.05, 3.63) is 198 Å². The highest BCUT2D eigenvalue weighted by Crippen LogP contribution is 2.36. The zero-order chi connectivity index (χ0) is 35.4. The maximum atomic E-state index is 4.80. The number of hydrogen-bond donors (Lipinski definition) is 0. The summed E-state index contributed by atoms with van der Waals surface area (Å²) in [6, 6.07) is 61.8. The monoisotopic (exact) mass is 715 g/mol. The van der Waals surface area contributed by atoms with E-state index in [1.807, 2.05) is 12.1 Å². The molecular weight excluding hydrogens is 683 g/mol. The summed E-state index contributed by atoms with van der Waals surface area (Å²) < 4.78 is 2.43. The molecule has 0 aliphatic carbocycles. The van der Waals surface area contributed by atoms with Gasteiger partial charge in [0.2, 0.25) is 0 Å². The molecule has 0 radical (unpaired) electrons. The van der Waals surface area contributed by atoms with E-state index in [-0.39, 0.29) is 0 Å². The molecule has 2 heterocycles. The van der Waals surface area contributed by atoms with Crippen LogP contribution in [0.2, 0.25) is 0 Å². The van der Waals surface area contributed by atoms with Crippen LogP contribution >= 0.6 is 22.7 Å². The standard InChI is InChI=1S/C48H33N3S2/c1-2-8-40(9-3-1)51(41-30-22-36(23-31-41)16-14-34-18-26-38(27-19-34)47-49-43-10-4-6-12-45(43)52-47)42-32-24-37(25-33-42)17-15-35-20-28-39(29-21-35)48-50-44-11-5-7-13-46(44)53-48/h1-33H/b16-14+,17-15+. The van der Waals surface area contributed by atoms with E-state index in [4.69, 9.17) is 9.97 Å². The van der Waals surface area contributed by atoms with Gasteiger partial charge in [0.05, 0.1) is 20.4 Å². The highest BCUT2D eigenvalue weighted by molar-refractivity contribution is 7.22. The van der Waals surface area contributed by atoms with Crippen molar-refractivity contribution >= 4 is 84.5 Å². The molecule has 0 atom stereocenters. The first-order valence-corrected chi connectivity index (χ1v) is 19.2. The number of benzene rings is 7. The molecule has 3 nitrogen and oxygen atoms in total. The lowest BCUT2D eigenvalue weighted by Gasteiger charge is -2.25. The van der Waals surface area contributed by atoms with Crippen molar-refractivity contribution in [1.29, 1.82) is 0 Å². The van der Waals surface area contributed by atoms with Crippen LogP contribution in [0.3, 0.4) is 0 Å². The summed E-state index contributed by atoms with van der Waals surface area (Å²) in [5, 5.41) is 2.10. The van der Waals surface area contributed by atoms with Gasteiger partial charge in [-0.15, -0.1) is 22.7 Å². The first-order chi connectivity index (χ1) is 26.2. The molecule has 5 heteroatoms. The third kappa shape index (κ3) is 7.22. The highest BCUT2D eigenvalue weighted by Gasteiger charge is 2.12. The molecule has 9 rings (SSSR count). The molecule has 7 aromatic carbocycles. The average molecular weight is 716 g/mol. The fraction of sp³-hybridized carbons (Fsp3) is 0. The first-order valence-electron chi connectivity index (χ1n) is 17.6. The Labute approximate surface area is 317 Å². The molecule has 0 amide bonds. The van der Waals surface area contributed by atoms with E-state index in [0.29, 0.717) is 0 Å². The second kappa shape index (κ2) is 14.7. The maximum Gasteiger partial charge on any atom is 0.124 e. The zero-order valence-electron chi connectivity index (χ0n) is 28.7. The SMILES string of the molecule is C(=C\c1ccc(N(c2ccccc2)c2ccc(/C=C/c3ccc(-c4nc5ccccc5s4)cc3)cc2)cc1)/c1ccc(-c2nc3ccccc3s2)cc1. The smallest absolute Gasteiger partial charge is 0.124 e. The number of hydrogen-bond acceptors (Lipinski definition) is 5. The lowest BCUT2D eigenvalue weighted by Crippen LogP contribution is -2.09. The Balaban J connectivity index is 0.891. The lowest BCUT2D eigenvalue weighted by atomic mass is 10.1. The summed E-state index contributed by atoms with van der Waals surface area (Å²) in [5.74, 6) is 0. The van der Waals surface area contributed by atoms with E-state index in [9.17, 15) is 0 Å². The molecule has 0 saturated heterocycles. The van der Waals surface area contributed by atoms with Crippen LogP contribution in [0.25, 0.3) is 65.9 Å². The third-order valence-corrected chi connectivity index (χ3v) is 11.3. The molecule has 0 N–H and O–H groups in total. The number of para-hydroxylation sites is 3. The van der Waals surface area contributed by atoms with Crippen molar-refractivity contribution in [3.63, 3.8) is 0 Å². The van der Waals surface area contributed by atoms with E-state index in [0.717, 1.165) is 71.5 Å². The van der Waals surface area contributed by atoms with E-state index in [1.165, 1.54) is 9.40 Å². The number of rotatable bonds is 9. The van der Waals surface area contributed by atoms with Crippen molar-refractivity contribution in [2.24, 2.45) is 0 Å². The van der Waals surface area contributed by atoms with Gasteiger partial charge in [0.15, 0.2) is 0 Å². The van der Waals surface area contributed by atoms with Gasteiger partial charge in [0, 0.05) is 28.2 Å². The predicted molar refractivity (Wildman–Crippen MR) is 229 cm³/mol. The molecule has 2 aromatic heterocycles. The van der Waals surface area contributed by atoms with Crippen LogP contribution in [0.4, 0.5) is 17.1 Å². The number of fused-ring (bicyclic) bond motifs is 2. The van der Waals surface area contributed by atoms with Crippen LogP contribution in [-0.4, -0.2) is 9.97 Å². The molecule has 0 spiro atoms. The summed E-state index contributed by atoms with van der Waals surface area (Å²) in [4.78, 5) is 11.9. The Morgan fingerprint density at radius 1 is 0.340 bits per heavy atom. The van der Waals surface area contributed by atoms with Gasteiger partial charge in [-0.25, -0.2) is 9.97 Å². The van der Waals surface area contributed by atoms with Crippen LogP contribution in [-0.2, 0) is 0 Å². The van der Waals surface area contributed by atoms with Crippen LogP contribution < -0.4 is 4.90 Å². The van der Waals surface area contributed by atoms with Gasteiger partial charge < -0.3 is 4.90 Å². The Hall–Kier alpha value is -6.40. The van der Waals surface area contributed by atoms with Crippen molar-refractivity contribution in [2.45, 2.75) is 0 Å². The van der Waals surface area contributed by atoms with E-state index >= 15 is 0 Å². The second-order valence-electron chi connectivity index (χ2n) is 12.7. The van der Waals surface area contributed by atoms with Gasteiger partial charge in [0.1, 0.15) is 10.0 Å². The number of nitrogens with zero attached hydrogens (tertiary/aromatic N) is 3. The summed E-state index contributed by atoms with van der Waals surface area (Å²) in [6.45, 7) is 0. The summed E-state index contributed by atoms with van der Waals surface area (Å²) in [7, 11) is 0. The minimum atomic E-state index is 1.05. The van der Waals surface area contributed by atoms with Gasteiger partial charge in [-0.2, -0.15) is 0 Å². The molecule has 0 aliphatic heterocycles. The molecule has 0 fully saturated rings. The Morgan fingerprint density at radius 3 is 1.08 bits per heavy atom. The normalized spacial score (nSPS) is 11.6. The molecule has 9 aromatic rings. The molecular formula is C48H33N3S2. The van der Waals surface area contributed by atoms with Gasteiger partial charge in [-0.05, 0) is 82.9 Å². The quantitative estimate of drug-likeness (QED) is 0.139. The lowest BCUT2D eigenvalue weighted by molar-refractivity contribution is 1.28. The Morgan fingerprint density at radius 2 is 0.679 bits per heavy atom. The second-order valence-corrected chi connectivity index (χ2v) is 14.8. The summed E-state index contributed by atoms with van der Waals surface area (Å²) in [6.07, 6.45) is 8.66. The molecule has 252 valence electrons. The Kier molecular flexibility index (Phi) is 9.00. The summed E-state index contributed by atoms with van der Waals surface area (Å²) >= 11 is 3.46. The van der Waals surface area contributed by atoms with Gasteiger partial charge >= 0.3 is 0 Å². The number of thiazole rings is 2. The molecule has 0 saturated carbocycles. The maximum absolute atomic E-state index is 4.80. The van der Waals surface area contributed by atoms with Crippen molar-refractivity contribution < 1.29 is 0 Å². The highest BCUT2D eigenvalue weighted by atomic mass is 32.1.